The fraction of sp³-hybridized carbons (Fsp3) is 0.167. The normalized spacial score (nSPS) is 15.8. The average Bonchev–Trinajstić information content (AvgIpc) is 3.13. The molecule has 0 spiro atoms. The van der Waals surface area contributed by atoms with E-state index in [1.165, 1.54) is 46.7 Å². The molecule has 0 radical (unpaired) electrons. The van der Waals surface area contributed by atoms with Gasteiger partial charge in [-0.05, 0) is 66.6 Å². The van der Waals surface area contributed by atoms with E-state index in [1.54, 1.807) is 0 Å². The van der Waals surface area contributed by atoms with Crippen LogP contribution >= 0.6 is 11.3 Å². The fourth-order valence-electron chi connectivity index (χ4n) is 4.28. The summed E-state index contributed by atoms with van der Waals surface area (Å²) in [5, 5.41) is 8.68. The van der Waals surface area contributed by atoms with Gasteiger partial charge in [0.1, 0.15) is 9.71 Å². The molecular formula is C24H22N4O3S2. The number of hydrogen-bond acceptors (Lipinski definition) is 6. The summed E-state index contributed by atoms with van der Waals surface area (Å²) in [6.45, 7) is 0. The van der Waals surface area contributed by atoms with E-state index in [0.29, 0.717) is 22.2 Å². The van der Waals surface area contributed by atoms with Crippen LogP contribution in [0, 0.1) is 0 Å². The number of anilines is 2. The molecule has 9 heteroatoms. The van der Waals surface area contributed by atoms with Gasteiger partial charge in [0.2, 0.25) is 10.0 Å². The SMILES string of the molecule is Nc1c(C(=O)Nc2ccc(S(N)(=O)=O)cc2)sc2nc3c(cc12)CC(c1ccccc1)CC3. The van der Waals surface area contributed by atoms with Crippen LogP contribution in [0.4, 0.5) is 11.4 Å². The minimum atomic E-state index is -3.79. The molecule has 1 aliphatic rings. The molecule has 0 fully saturated rings. The van der Waals surface area contributed by atoms with E-state index >= 15 is 0 Å². The lowest BCUT2D eigenvalue weighted by molar-refractivity contribution is 0.103. The summed E-state index contributed by atoms with van der Waals surface area (Å²) in [6, 6.07) is 18.2. The summed E-state index contributed by atoms with van der Waals surface area (Å²) in [7, 11) is -3.79. The van der Waals surface area contributed by atoms with Crippen LogP contribution < -0.4 is 16.2 Å². The molecule has 1 atom stereocenters. The van der Waals surface area contributed by atoms with Crippen molar-refractivity contribution in [3.05, 3.63) is 82.4 Å². The number of carbonyl (C=O) groups excluding carboxylic acids is 1. The molecule has 0 aliphatic heterocycles. The maximum absolute atomic E-state index is 12.9. The zero-order valence-corrected chi connectivity index (χ0v) is 19.2. The fourth-order valence-corrected chi connectivity index (χ4v) is 5.79. The van der Waals surface area contributed by atoms with E-state index in [4.69, 9.17) is 15.9 Å². The molecule has 4 aromatic rings. The molecule has 1 aliphatic carbocycles. The minimum Gasteiger partial charge on any atom is -0.397 e. The van der Waals surface area contributed by atoms with Crippen molar-refractivity contribution in [3.63, 3.8) is 0 Å². The summed E-state index contributed by atoms with van der Waals surface area (Å²) < 4.78 is 22.8. The Hall–Kier alpha value is -3.27. The largest absolute Gasteiger partial charge is 0.397 e. The van der Waals surface area contributed by atoms with Gasteiger partial charge in [-0.2, -0.15) is 0 Å². The Balaban J connectivity index is 1.41. The first-order valence-corrected chi connectivity index (χ1v) is 12.9. The van der Waals surface area contributed by atoms with Crippen LogP contribution in [0.15, 0.2) is 65.6 Å². The first kappa shape index (κ1) is 21.6. The summed E-state index contributed by atoms with van der Waals surface area (Å²) in [4.78, 5) is 18.8. The number of pyridine rings is 1. The van der Waals surface area contributed by atoms with E-state index in [-0.39, 0.29) is 10.8 Å². The second-order valence-corrected chi connectivity index (χ2v) is 10.7. The summed E-state index contributed by atoms with van der Waals surface area (Å²) in [6.07, 6.45) is 2.83. The molecule has 0 bridgehead atoms. The molecular weight excluding hydrogens is 456 g/mol. The molecule has 7 nitrogen and oxygen atoms in total. The first-order valence-electron chi connectivity index (χ1n) is 10.5. The first-order chi connectivity index (χ1) is 15.8. The van der Waals surface area contributed by atoms with Crippen molar-refractivity contribution in [1.29, 1.82) is 0 Å². The second kappa shape index (κ2) is 8.26. The Morgan fingerprint density at radius 1 is 1.09 bits per heavy atom. The Kier molecular flexibility index (Phi) is 5.40. The molecule has 168 valence electrons. The molecule has 5 rings (SSSR count). The number of aryl methyl sites for hydroxylation is 1. The molecule has 5 N–H and O–H groups in total. The molecule has 0 saturated heterocycles. The number of hydrogen-bond donors (Lipinski definition) is 3. The monoisotopic (exact) mass is 478 g/mol. The van der Waals surface area contributed by atoms with Gasteiger partial charge in [0.25, 0.3) is 5.91 Å². The molecule has 2 aromatic heterocycles. The lowest BCUT2D eigenvalue weighted by Gasteiger charge is -2.24. The van der Waals surface area contributed by atoms with Crippen LogP contribution in [-0.2, 0) is 22.9 Å². The van der Waals surface area contributed by atoms with Gasteiger partial charge < -0.3 is 11.1 Å². The number of thiophene rings is 1. The van der Waals surface area contributed by atoms with E-state index in [1.807, 2.05) is 6.07 Å². The molecule has 2 aromatic carbocycles. The Labute approximate surface area is 195 Å². The Morgan fingerprint density at radius 3 is 2.52 bits per heavy atom. The van der Waals surface area contributed by atoms with Crippen LogP contribution in [0.3, 0.4) is 0 Å². The highest BCUT2D eigenvalue weighted by Crippen LogP contribution is 2.38. The predicted octanol–water partition coefficient (Wildman–Crippen LogP) is 4.05. The second-order valence-electron chi connectivity index (χ2n) is 8.17. The van der Waals surface area contributed by atoms with Gasteiger partial charge in [-0.3, -0.25) is 4.79 Å². The third kappa shape index (κ3) is 4.22. The van der Waals surface area contributed by atoms with Gasteiger partial charge in [-0.15, -0.1) is 11.3 Å². The van der Waals surface area contributed by atoms with Crippen molar-refractivity contribution in [2.45, 2.75) is 30.1 Å². The van der Waals surface area contributed by atoms with Gasteiger partial charge >= 0.3 is 0 Å². The van der Waals surface area contributed by atoms with Crippen molar-refractivity contribution in [2.75, 3.05) is 11.1 Å². The van der Waals surface area contributed by atoms with Crippen LogP contribution in [-0.4, -0.2) is 19.3 Å². The zero-order chi connectivity index (χ0) is 23.2. The third-order valence-corrected chi connectivity index (χ3v) is 8.05. The number of nitrogens with zero attached hydrogens (tertiary/aromatic N) is 1. The summed E-state index contributed by atoms with van der Waals surface area (Å²) in [5.41, 5.74) is 10.8. The average molecular weight is 479 g/mol. The Morgan fingerprint density at radius 2 is 1.82 bits per heavy atom. The number of nitrogen functional groups attached to an aromatic ring is 1. The highest BCUT2D eigenvalue weighted by Gasteiger charge is 2.24. The molecule has 0 saturated carbocycles. The molecule has 33 heavy (non-hydrogen) atoms. The number of fused-ring (bicyclic) bond motifs is 2. The lowest BCUT2D eigenvalue weighted by Crippen LogP contribution is -2.14. The quantitative estimate of drug-likeness (QED) is 0.408. The number of nitrogens with one attached hydrogen (secondary N) is 1. The van der Waals surface area contributed by atoms with Crippen LogP contribution in [0.2, 0.25) is 0 Å². The van der Waals surface area contributed by atoms with E-state index in [9.17, 15) is 13.2 Å². The van der Waals surface area contributed by atoms with Gasteiger partial charge in [0, 0.05) is 16.8 Å². The van der Waals surface area contributed by atoms with E-state index in [0.717, 1.165) is 35.2 Å². The van der Waals surface area contributed by atoms with Gasteiger partial charge in [0.15, 0.2) is 0 Å². The zero-order valence-electron chi connectivity index (χ0n) is 17.6. The number of sulfonamides is 1. The van der Waals surface area contributed by atoms with Crippen LogP contribution in [0.1, 0.15) is 38.8 Å². The maximum Gasteiger partial charge on any atom is 0.267 e. The predicted molar refractivity (Wildman–Crippen MR) is 131 cm³/mol. The Bertz CT molecular complexity index is 1460. The van der Waals surface area contributed by atoms with E-state index < -0.39 is 10.0 Å². The van der Waals surface area contributed by atoms with Crippen molar-refractivity contribution in [1.82, 2.24) is 4.98 Å². The number of aromatic nitrogens is 1. The molecule has 1 unspecified atom stereocenters. The van der Waals surface area contributed by atoms with Crippen molar-refractivity contribution >= 4 is 48.9 Å². The topological polar surface area (TPSA) is 128 Å². The van der Waals surface area contributed by atoms with Gasteiger partial charge in [-0.1, -0.05) is 30.3 Å². The standard InChI is InChI=1S/C24H22N4O3S2/c25-21-19-13-16-12-15(14-4-2-1-3-5-14)6-11-20(16)28-24(19)32-22(21)23(29)27-17-7-9-18(10-8-17)33(26,30)31/h1-5,7-10,13,15H,6,11-12,25H2,(H,27,29)(H2,26,30,31). The number of benzene rings is 2. The van der Waals surface area contributed by atoms with E-state index in [2.05, 4.69) is 35.6 Å². The summed E-state index contributed by atoms with van der Waals surface area (Å²) >= 11 is 1.26. The number of rotatable bonds is 4. The minimum absolute atomic E-state index is 0.0227. The molecule has 1 amide bonds. The highest BCUT2D eigenvalue weighted by molar-refractivity contribution is 7.89. The van der Waals surface area contributed by atoms with Crippen LogP contribution in [0.5, 0.6) is 0 Å². The van der Waals surface area contributed by atoms with Crippen molar-refractivity contribution in [2.24, 2.45) is 5.14 Å². The van der Waals surface area contributed by atoms with Gasteiger partial charge in [-0.25, -0.2) is 18.5 Å². The maximum atomic E-state index is 12.9. The molecule has 2 heterocycles. The number of carbonyl (C=O) groups is 1. The number of amides is 1. The number of nitrogens with two attached hydrogens (primary N) is 2. The summed E-state index contributed by atoms with van der Waals surface area (Å²) in [5.74, 6) is 0.0832. The van der Waals surface area contributed by atoms with Crippen molar-refractivity contribution in [3.8, 4) is 0 Å². The smallest absolute Gasteiger partial charge is 0.267 e. The van der Waals surface area contributed by atoms with Gasteiger partial charge in [0.05, 0.1) is 10.6 Å². The van der Waals surface area contributed by atoms with Crippen LogP contribution in [0.25, 0.3) is 10.2 Å². The highest BCUT2D eigenvalue weighted by atomic mass is 32.2. The number of primary sulfonamides is 1. The lowest BCUT2D eigenvalue weighted by atomic mass is 9.82. The third-order valence-electron chi connectivity index (χ3n) is 6.00. The van der Waals surface area contributed by atoms with Crippen molar-refractivity contribution < 1.29 is 13.2 Å².